The maximum Gasteiger partial charge on any atom is 0.402 e. The van der Waals surface area contributed by atoms with E-state index < -0.39 is 46.0 Å². The van der Waals surface area contributed by atoms with Crippen molar-refractivity contribution >= 4 is 21.9 Å². The Labute approximate surface area is 110 Å². The Morgan fingerprint density at radius 3 is 2.35 bits per heavy atom. The molecule has 0 saturated heterocycles. The first-order valence-corrected chi connectivity index (χ1v) is 6.35. The molecule has 20 heavy (non-hydrogen) atoms. The smallest absolute Gasteiger partial charge is 0.402 e. The molecule has 0 fully saturated rings. The highest BCUT2D eigenvalue weighted by atomic mass is 32.2. The summed E-state index contributed by atoms with van der Waals surface area (Å²) in [5, 5.41) is 8.56. The second kappa shape index (κ2) is 5.63. The molecule has 0 aliphatic carbocycles. The van der Waals surface area contributed by atoms with E-state index in [-0.39, 0.29) is 0 Å². The number of rotatable bonds is 5. The van der Waals surface area contributed by atoms with E-state index in [0.717, 1.165) is 12.1 Å². The minimum atomic E-state index is -4.76. The maximum absolute atomic E-state index is 13.4. The van der Waals surface area contributed by atoms with Gasteiger partial charge in [-0.1, -0.05) is 0 Å². The minimum absolute atomic E-state index is 0.436. The first-order valence-electron chi connectivity index (χ1n) is 4.87. The third-order valence-electron chi connectivity index (χ3n) is 1.92. The molecule has 6 nitrogen and oxygen atoms in total. The minimum Gasteiger partial charge on any atom is -0.478 e. The topological polar surface area (TPSA) is 95.5 Å². The average molecular weight is 316 g/mol. The highest BCUT2D eigenvalue weighted by molar-refractivity contribution is 7.90. The Balaban J connectivity index is 2.85. The lowest BCUT2D eigenvalue weighted by Crippen LogP contribution is -2.37. The number of nitrogens with one attached hydrogen (secondary N) is 2. The number of alkyl halides is 3. The van der Waals surface area contributed by atoms with Crippen LogP contribution in [0.4, 0.5) is 23.2 Å². The molecule has 0 aliphatic heterocycles. The molecule has 1 aromatic carbocycles. The Bertz CT molecular complexity index is 615. The van der Waals surface area contributed by atoms with Gasteiger partial charge in [0.2, 0.25) is 0 Å². The lowest BCUT2D eigenvalue weighted by molar-refractivity contribution is -0.121. The third-order valence-corrected chi connectivity index (χ3v) is 2.94. The molecule has 3 N–H and O–H groups in total. The summed E-state index contributed by atoms with van der Waals surface area (Å²) in [4.78, 5) is 10.5. The van der Waals surface area contributed by atoms with Crippen LogP contribution in [-0.2, 0) is 10.2 Å². The third kappa shape index (κ3) is 5.01. The molecule has 1 rings (SSSR count). The van der Waals surface area contributed by atoms with Crippen LogP contribution in [0.3, 0.4) is 0 Å². The van der Waals surface area contributed by atoms with Crippen molar-refractivity contribution in [3.8, 4) is 0 Å². The van der Waals surface area contributed by atoms with E-state index in [1.807, 2.05) is 0 Å². The van der Waals surface area contributed by atoms with Gasteiger partial charge in [-0.3, -0.25) is 4.72 Å². The number of anilines is 1. The summed E-state index contributed by atoms with van der Waals surface area (Å²) in [6, 6.07) is 2.21. The molecule has 0 radical (unpaired) electrons. The van der Waals surface area contributed by atoms with Gasteiger partial charge in [0, 0.05) is 0 Å². The van der Waals surface area contributed by atoms with Gasteiger partial charge in [0.15, 0.2) is 0 Å². The van der Waals surface area contributed by atoms with Crippen LogP contribution in [0.15, 0.2) is 18.2 Å². The van der Waals surface area contributed by atoms with Crippen LogP contribution in [0.2, 0.25) is 0 Å². The van der Waals surface area contributed by atoms with Gasteiger partial charge in [-0.15, -0.1) is 0 Å². The summed E-state index contributed by atoms with van der Waals surface area (Å²) in [5.74, 6) is -2.67. The summed E-state index contributed by atoms with van der Waals surface area (Å²) in [6.07, 6.45) is -4.76. The fourth-order valence-corrected chi connectivity index (χ4v) is 1.97. The number of benzene rings is 1. The van der Waals surface area contributed by atoms with Crippen LogP contribution in [-0.4, -0.2) is 32.2 Å². The largest absolute Gasteiger partial charge is 0.478 e. The number of halogens is 4. The highest BCUT2D eigenvalue weighted by Crippen LogP contribution is 2.18. The first kappa shape index (κ1) is 16.2. The summed E-state index contributed by atoms with van der Waals surface area (Å²) < 4.78 is 74.0. The van der Waals surface area contributed by atoms with Gasteiger partial charge in [0.25, 0.3) is 10.2 Å². The Hall–Kier alpha value is -1.88. The average Bonchev–Trinajstić information content (AvgIpc) is 2.28. The van der Waals surface area contributed by atoms with E-state index >= 15 is 0 Å². The fourth-order valence-electron chi connectivity index (χ4n) is 1.09. The summed E-state index contributed by atoms with van der Waals surface area (Å²) in [7, 11) is -4.63. The van der Waals surface area contributed by atoms with Crippen LogP contribution in [0.25, 0.3) is 0 Å². The van der Waals surface area contributed by atoms with Gasteiger partial charge in [-0.05, 0) is 18.2 Å². The van der Waals surface area contributed by atoms with Crippen molar-refractivity contribution in [2.24, 2.45) is 0 Å². The van der Waals surface area contributed by atoms with Crippen molar-refractivity contribution in [3.05, 3.63) is 29.6 Å². The van der Waals surface area contributed by atoms with Gasteiger partial charge in [0.1, 0.15) is 12.4 Å². The van der Waals surface area contributed by atoms with E-state index in [0.29, 0.717) is 6.07 Å². The molecule has 0 spiro atoms. The van der Waals surface area contributed by atoms with Gasteiger partial charge in [0.05, 0.1) is 11.3 Å². The van der Waals surface area contributed by atoms with Crippen LogP contribution in [0, 0.1) is 5.82 Å². The standard InChI is InChI=1S/C9H8F4N2O4S/c10-6-3-5(8(16)17)1-2-7(6)15-20(18,19)14-4-9(11,12)13/h1-3,14-15H,4H2,(H,16,17). The SMILES string of the molecule is O=C(O)c1ccc(NS(=O)(=O)NCC(F)(F)F)c(F)c1. The Kier molecular flexibility index (Phi) is 4.55. The number of aromatic carboxylic acids is 1. The zero-order valence-corrected chi connectivity index (χ0v) is 10.3. The van der Waals surface area contributed by atoms with Crippen molar-refractivity contribution < 1.29 is 35.9 Å². The monoisotopic (exact) mass is 316 g/mol. The zero-order chi connectivity index (χ0) is 15.6. The van der Waals surface area contributed by atoms with Gasteiger partial charge in [-0.2, -0.15) is 26.3 Å². The molecule has 112 valence electrons. The molecular formula is C9H8F4N2O4S. The van der Waals surface area contributed by atoms with Crippen molar-refractivity contribution in [2.75, 3.05) is 11.3 Å². The molecule has 0 aliphatic rings. The number of carboxylic acids is 1. The molecule has 0 unspecified atom stereocenters. The lowest BCUT2D eigenvalue weighted by atomic mass is 10.2. The molecule has 0 heterocycles. The second-order valence-corrected chi connectivity index (χ2v) is 5.04. The molecule has 1 aromatic rings. The van der Waals surface area contributed by atoms with Gasteiger partial charge >= 0.3 is 12.1 Å². The number of carbonyl (C=O) groups is 1. The predicted molar refractivity (Wildman–Crippen MR) is 60.0 cm³/mol. The van der Waals surface area contributed by atoms with Crippen molar-refractivity contribution in [1.29, 1.82) is 0 Å². The Morgan fingerprint density at radius 2 is 1.90 bits per heavy atom. The van der Waals surface area contributed by atoms with Crippen LogP contribution in [0.1, 0.15) is 10.4 Å². The van der Waals surface area contributed by atoms with E-state index in [9.17, 15) is 30.8 Å². The maximum atomic E-state index is 13.4. The quantitative estimate of drug-likeness (QED) is 0.714. The zero-order valence-electron chi connectivity index (χ0n) is 9.53. The van der Waals surface area contributed by atoms with E-state index in [1.54, 1.807) is 0 Å². The van der Waals surface area contributed by atoms with E-state index in [1.165, 1.54) is 9.44 Å². The normalized spacial score (nSPS) is 12.2. The Morgan fingerprint density at radius 1 is 1.30 bits per heavy atom. The van der Waals surface area contributed by atoms with Gasteiger partial charge < -0.3 is 5.11 Å². The van der Waals surface area contributed by atoms with Crippen molar-refractivity contribution in [2.45, 2.75) is 6.18 Å². The molecule has 11 heteroatoms. The predicted octanol–water partition coefficient (Wildman–Crippen LogP) is 1.33. The molecule has 0 bridgehead atoms. The molecule has 0 amide bonds. The summed E-state index contributed by atoms with van der Waals surface area (Å²) in [5.41, 5.74) is -1.11. The van der Waals surface area contributed by atoms with Crippen LogP contribution in [0.5, 0.6) is 0 Å². The number of hydrogen-bond donors (Lipinski definition) is 3. The van der Waals surface area contributed by atoms with Gasteiger partial charge in [-0.25, -0.2) is 9.18 Å². The van der Waals surface area contributed by atoms with E-state index in [4.69, 9.17) is 5.11 Å². The lowest BCUT2D eigenvalue weighted by Gasteiger charge is -2.11. The summed E-state index contributed by atoms with van der Waals surface area (Å²) in [6.45, 7) is -1.82. The number of hydrogen-bond acceptors (Lipinski definition) is 3. The molecule has 0 atom stereocenters. The van der Waals surface area contributed by atoms with E-state index in [2.05, 4.69) is 0 Å². The summed E-state index contributed by atoms with van der Waals surface area (Å²) >= 11 is 0. The number of carboxylic acid groups (broad SMARTS) is 1. The molecular weight excluding hydrogens is 308 g/mol. The highest BCUT2D eigenvalue weighted by Gasteiger charge is 2.29. The van der Waals surface area contributed by atoms with Crippen LogP contribution < -0.4 is 9.44 Å². The fraction of sp³-hybridized carbons (Fsp3) is 0.222. The molecule has 0 aromatic heterocycles. The second-order valence-electron chi connectivity index (χ2n) is 3.54. The molecule has 0 saturated carbocycles. The van der Waals surface area contributed by atoms with Crippen molar-refractivity contribution in [3.63, 3.8) is 0 Å². The first-order chi connectivity index (χ1) is 9.00. The van der Waals surface area contributed by atoms with Crippen LogP contribution >= 0.6 is 0 Å². The van der Waals surface area contributed by atoms with Crippen molar-refractivity contribution in [1.82, 2.24) is 4.72 Å².